The maximum Gasteiger partial charge on any atom is 0.201 e. The molecular formula is C30H30F4O. The molecule has 4 rings (SSSR count). The molecule has 0 spiro atoms. The van der Waals surface area contributed by atoms with Crippen molar-refractivity contribution < 1.29 is 22.3 Å². The van der Waals surface area contributed by atoms with Crippen LogP contribution in [-0.2, 0) is 12.8 Å². The molecule has 0 amide bonds. The quantitative estimate of drug-likeness (QED) is 0.231. The molecule has 0 aliphatic heterocycles. The van der Waals surface area contributed by atoms with Crippen LogP contribution in [-0.4, -0.2) is 6.61 Å². The van der Waals surface area contributed by atoms with Crippen LogP contribution in [0.2, 0.25) is 0 Å². The van der Waals surface area contributed by atoms with Gasteiger partial charge in [-0.3, -0.25) is 0 Å². The van der Waals surface area contributed by atoms with Crippen molar-refractivity contribution in [1.29, 1.82) is 0 Å². The maximum atomic E-state index is 14.8. The summed E-state index contributed by atoms with van der Waals surface area (Å²) in [6.07, 6.45) is 6.21. The fraction of sp³-hybridized carbons (Fsp3) is 0.333. The summed E-state index contributed by atoms with van der Waals surface area (Å²) in [5.74, 6) is -2.92. The number of hydrogen-bond acceptors (Lipinski definition) is 1. The lowest BCUT2D eigenvalue weighted by Crippen LogP contribution is -2.13. The van der Waals surface area contributed by atoms with Crippen LogP contribution in [0.25, 0.3) is 11.1 Å². The molecule has 1 aliphatic rings. The van der Waals surface area contributed by atoms with E-state index in [0.29, 0.717) is 35.4 Å². The van der Waals surface area contributed by atoms with Crippen LogP contribution in [0.3, 0.4) is 0 Å². The monoisotopic (exact) mass is 482 g/mol. The van der Waals surface area contributed by atoms with Gasteiger partial charge in [0.2, 0.25) is 5.82 Å². The molecule has 1 nitrogen and oxygen atoms in total. The van der Waals surface area contributed by atoms with Gasteiger partial charge < -0.3 is 4.74 Å². The van der Waals surface area contributed by atoms with E-state index in [2.05, 4.69) is 13.5 Å². The summed E-state index contributed by atoms with van der Waals surface area (Å²) in [7, 11) is 0. The van der Waals surface area contributed by atoms with Gasteiger partial charge in [0.25, 0.3) is 0 Å². The Bertz CT molecular complexity index is 1180. The van der Waals surface area contributed by atoms with E-state index in [1.807, 2.05) is 0 Å². The first-order valence-corrected chi connectivity index (χ1v) is 12.2. The van der Waals surface area contributed by atoms with Crippen molar-refractivity contribution in [3.8, 4) is 16.9 Å². The predicted molar refractivity (Wildman–Crippen MR) is 132 cm³/mol. The van der Waals surface area contributed by atoms with Crippen LogP contribution < -0.4 is 4.74 Å². The van der Waals surface area contributed by atoms with Crippen LogP contribution in [0.1, 0.15) is 55.2 Å². The highest BCUT2D eigenvalue weighted by Gasteiger charge is 2.24. The Balaban J connectivity index is 1.43. The fourth-order valence-corrected chi connectivity index (χ4v) is 4.83. The zero-order chi connectivity index (χ0) is 24.9. The summed E-state index contributed by atoms with van der Waals surface area (Å²) >= 11 is 0. The number of halogens is 4. The fourth-order valence-electron chi connectivity index (χ4n) is 4.83. The van der Waals surface area contributed by atoms with Gasteiger partial charge >= 0.3 is 0 Å². The van der Waals surface area contributed by atoms with Crippen molar-refractivity contribution in [1.82, 2.24) is 0 Å². The lowest BCUT2D eigenvalue weighted by Gasteiger charge is -2.27. The highest BCUT2D eigenvalue weighted by molar-refractivity contribution is 5.65. The molecule has 0 saturated heterocycles. The molecule has 184 valence electrons. The molecule has 0 unspecified atom stereocenters. The second-order valence-electron chi connectivity index (χ2n) is 9.43. The molecule has 35 heavy (non-hydrogen) atoms. The van der Waals surface area contributed by atoms with Crippen molar-refractivity contribution in [3.05, 3.63) is 101 Å². The van der Waals surface area contributed by atoms with E-state index in [-0.39, 0.29) is 23.8 Å². The number of aryl methyl sites for hydroxylation is 2. The van der Waals surface area contributed by atoms with Gasteiger partial charge in [0.05, 0.1) is 0 Å². The van der Waals surface area contributed by atoms with Gasteiger partial charge in [-0.2, -0.15) is 4.39 Å². The average molecular weight is 483 g/mol. The van der Waals surface area contributed by atoms with E-state index in [1.54, 1.807) is 36.4 Å². The van der Waals surface area contributed by atoms with Crippen LogP contribution in [0.5, 0.6) is 5.75 Å². The van der Waals surface area contributed by atoms with Gasteiger partial charge in [-0.25, -0.2) is 13.2 Å². The van der Waals surface area contributed by atoms with Crippen molar-refractivity contribution in [3.63, 3.8) is 0 Å². The standard InChI is InChI=1S/C30H30F4O/c1-3-18-35-26-17-16-25(29(33)30(26)34)22-11-6-20(7-12-22)8-13-23-14-15-24(28(32)27(23)31)21-9-4-19(2)5-10-21/h3,6-7,11-12,14-17,19,21H,1,4-5,8-10,13,18H2,2H3. The van der Waals surface area contributed by atoms with Gasteiger partial charge in [-0.15, -0.1) is 0 Å². The Kier molecular flexibility index (Phi) is 7.94. The summed E-state index contributed by atoms with van der Waals surface area (Å²) in [5.41, 5.74) is 2.38. The molecule has 0 heterocycles. The van der Waals surface area contributed by atoms with E-state index in [9.17, 15) is 17.6 Å². The maximum absolute atomic E-state index is 14.8. The molecule has 0 N–H and O–H groups in total. The topological polar surface area (TPSA) is 9.23 Å². The summed E-state index contributed by atoms with van der Waals surface area (Å²) in [6, 6.07) is 13.3. The Hall–Kier alpha value is -3.08. The minimum Gasteiger partial charge on any atom is -0.486 e. The van der Waals surface area contributed by atoms with Gasteiger partial charge in [0.1, 0.15) is 6.61 Å². The van der Waals surface area contributed by atoms with Gasteiger partial charge in [-0.1, -0.05) is 68.8 Å². The van der Waals surface area contributed by atoms with Crippen molar-refractivity contribution in [2.45, 2.75) is 51.4 Å². The second kappa shape index (κ2) is 11.1. The van der Waals surface area contributed by atoms with E-state index < -0.39 is 23.3 Å². The van der Waals surface area contributed by atoms with Crippen molar-refractivity contribution in [2.75, 3.05) is 6.61 Å². The lowest BCUT2D eigenvalue weighted by atomic mass is 9.79. The molecule has 3 aromatic carbocycles. The van der Waals surface area contributed by atoms with Crippen LogP contribution in [0.15, 0.2) is 61.2 Å². The Morgan fingerprint density at radius 3 is 2.20 bits per heavy atom. The first-order chi connectivity index (χ1) is 16.9. The average Bonchev–Trinajstić information content (AvgIpc) is 2.87. The number of hydrogen-bond donors (Lipinski definition) is 0. The zero-order valence-corrected chi connectivity index (χ0v) is 19.9. The Labute approximate surface area is 204 Å². The van der Waals surface area contributed by atoms with Crippen LogP contribution >= 0.6 is 0 Å². The first-order valence-electron chi connectivity index (χ1n) is 12.2. The number of benzene rings is 3. The minimum absolute atomic E-state index is 0.0808. The lowest BCUT2D eigenvalue weighted by molar-refractivity contribution is 0.333. The highest BCUT2D eigenvalue weighted by atomic mass is 19.2. The first kappa shape index (κ1) is 25.0. The summed E-state index contributed by atoms with van der Waals surface area (Å²) in [4.78, 5) is 0. The zero-order valence-electron chi connectivity index (χ0n) is 19.9. The van der Waals surface area contributed by atoms with Gasteiger partial charge in [0.15, 0.2) is 23.2 Å². The van der Waals surface area contributed by atoms with Gasteiger partial charge in [0, 0.05) is 5.56 Å². The van der Waals surface area contributed by atoms with E-state index in [1.165, 1.54) is 18.2 Å². The molecule has 0 atom stereocenters. The smallest absolute Gasteiger partial charge is 0.201 e. The summed E-state index contributed by atoms with van der Waals surface area (Å²) in [6.45, 7) is 5.77. The molecule has 3 aromatic rings. The Morgan fingerprint density at radius 1 is 0.800 bits per heavy atom. The molecule has 0 aromatic heterocycles. The SMILES string of the molecule is C=CCOc1ccc(-c2ccc(CCc3ccc(C4CCC(C)CC4)c(F)c3F)cc2)c(F)c1F. The third-order valence-electron chi connectivity index (χ3n) is 7.00. The van der Waals surface area contributed by atoms with E-state index in [4.69, 9.17) is 4.74 Å². The van der Waals surface area contributed by atoms with Crippen LogP contribution in [0, 0.1) is 29.2 Å². The predicted octanol–water partition coefficient (Wildman–Crippen LogP) is 8.55. The third kappa shape index (κ3) is 5.61. The molecule has 5 heteroatoms. The molecule has 1 aliphatic carbocycles. The summed E-state index contributed by atoms with van der Waals surface area (Å²) < 4.78 is 63.6. The van der Waals surface area contributed by atoms with Gasteiger partial charge in [-0.05, 0) is 71.9 Å². The number of rotatable bonds is 8. The van der Waals surface area contributed by atoms with Crippen LogP contribution in [0.4, 0.5) is 17.6 Å². The molecule has 1 fully saturated rings. The second-order valence-corrected chi connectivity index (χ2v) is 9.43. The Morgan fingerprint density at radius 2 is 1.51 bits per heavy atom. The number of ether oxygens (including phenoxy) is 1. The molecule has 0 radical (unpaired) electrons. The molecular weight excluding hydrogens is 452 g/mol. The van der Waals surface area contributed by atoms with Crippen molar-refractivity contribution >= 4 is 0 Å². The molecule has 0 bridgehead atoms. The largest absolute Gasteiger partial charge is 0.486 e. The summed E-state index contributed by atoms with van der Waals surface area (Å²) in [5, 5.41) is 0. The highest BCUT2D eigenvalue weighted by Crippen LogP contribution is 2.37. The molecule has 1 saturated carbocycles. The normalized spacial score (nSPS) is 17.9. The van der Waals surface area contributed by atoms with E-state index >= 15 is 0 Å². The van der Waals surface area contributed by atoms with E-state index in [0.717, 1.165) is 31.2 Å². The minimum atomic E-state index is -1.04. The third-order valence-corrected chi connectivity index (χ3v) is 7.00. The van der Waals surface area contributed by atoms with Crippen molar-refractivity contribution in [2.24, 2.45) is 5.92 Å².